The van der Waals surface area contributed by atoms with Crippen molar-refractivity contribution in [1.29, 1.82) is 0 Å². The van der Waals surface area contributed by atoms with Crippen LogP contribution >= 0.6 is 0 Å². The molecular weight excluding hydrogens is 560 g/mol. The van der Waals surface area contributed by atoms with E-state index in [0.29, 0.717) is 36.2 Å². The second kappa shape index (κ2) is 19.4. The topological polar surface area (TPSA) is 132 Å². The first-order chi connectivity index (χ1) is 20.1. The molecule has 0 aromatic heterocycles. The molecule has 0 fully saturated rings. The van der Waals surface area contributed by atoms with Gasteiger partial charge in [0.1, 0.15) is 41.8 Å². The summed E-state index contributed by atoms with van der Waals surface area (Å²) in [4.78, 5) is -0.382. The highest BCUT2D eigenvalue weighted by molar-refractivity contribution is 7.86. The van der Waals surface area contributed by atoms with Crippen molar-refractivity contribution in [1.82, 2.24) is 0 Å². The highest BCUT2D eigenvalue weighted by Gasteiger charge is 2.22. The van der Waals surface area contributed by atoms with Gasteiger partial charge in [0.15, 0.2) is 0 Å². The van der Waals surface area contributed by atoms with E-state index in [1.54, 1.807) is 18.2 Å². The Hall–Kier alpha value is -1.95. The number of benzene rings is 2. The van der Waals surface area contributed by atoms with Crippen LogP contribution in [0.4, 0.5) is 0 Å². The number of hydrogen-bond acceptors (Lipinski definition) is 8. The van der Waals surface area contributed by atoms with E-state index in [4.69, 9.17) is 18.9 Å². The molecule has 42 heavy (non-hydrogen) atoms. The van der Waals surface area contributed by atoms with E-state index in [9.17, 15) is 23.2 Å². The lowest BCUT2D eigenvalue weighted by Gasteiger charge is -2.18. The van der Waals surface area contributed by atoms with Gasteiger partial charge < -0.3 is 29.2 Å². The van der Waals surface area contributed by atoms with Crippen molar-refractivity contribution in [2.45, 2.75) is 96.2 Å². The highest BCUT2D eigenvalue weighted by Crippen LogP contribution is 2.34. The fourth-order valence-corrected chi connectivity index (χ4v) is 5.59. The van der Waals surface area contributed by atoms with Gasteiger partial charge in [0.2, 0.25) is 0 Å². The molecule has 2 aromatic carbocycles. The summed E-state index contributed by atoms with van der Waals surface area (Å²) >= 11 is 0. The van der Waals surface area contributed by atoms with Crippen LogP contribution in [0.2, 0.25) is 0 Å². The van der Waals surface area contributed by atoms with Crippen molar-refractivity contribution in [2.75, 3.05) is 39.6 Å². The predicted octanol–water partition coefficient (Wildman–Crippen LogP) is 6.03. The predicted molar refractivity (Wildman–Crippen MR) is 165 cm³/mol. The fourth-order valence-electron chi connectivity index (χ4n) is 4.74. The van der Waals surface area contributed by atoms with E-state index in [2.05, 4.69) is 27.7 Å². The number of hydrogen-bond donors (Lipinski definition) is 3. The van der Waals surface area contributed by atoms with Crippen LogP contribution in [0.25, 0.3) is 10.8 Å². The van der Waals surface area contributed by atoms with Gasteiger partial charge in [-0.2, -0.15) is 8.42 Å². The number of rotatable bonds is 23. The molecule has 10 heteroatoms. The van der Waals surface area contributed by atoms with Gasteiger partial charge in [-0.1, -0.05) is 72.3 Å². The Bertz CT molecular complexity index is 1140. The summed E-state index contributed by atoms with van der Waals surface area (Å²) in [6.07, 6.45) is 7.03. The van der Waals surface area contributed by atoms with Gasteiger partial charge in [-0.15, -0.1) is 0 Å². The molecule has 0 heterocycles. The molecule has 9 nitrogen and oxygen atoms in total. The van der Waals surface area contributed by atoms with Crippen molar-refractivity contribution in [3.8, 4) is 11.5 Å². The summed E-state index contributed by atoms with van der Waals surface area (Å²) in [5.74, 6) is 1.28. The van der Waals surface area contributed by atoms with Gasteiger partial charge in [-0.3, -0.25) is 4.55 Å². The lowest BCUT2D eigenvalue weighted by Crippen LogP contribution is -2.25. The Kier molecular flexibility index (Phi) is 16.7. The smallest absolute Gasteiger partial charge is 0.298 e. The molecule has 240 valence electrons. The molecule has 0 radical (unpaired) electrons. The molecule has 0 spiro atoms. The molecule has 0 saturated heterocycles. The molecule has 0 bridgehead atoms. The van der Waals surface area contributed by atoms with Gasteiger partial charge in [-0.25, -0.2) is 0 Å². The van der Waals surface area contributed by atoms with E-state index in [1.165, 1.54) is 12.1 Å². The van der Waals surface area contributed by atoms with Gasteiger partial charge in [-0.05, 0) is 54.3 Å². The van der Waals surface area contributed by atoms with Crippen LogP contribution in [-0.4, -0.2) is 75.0 Å². The Balaban J connectivity index is 1.96. The maximum absolute atomic E-state index is 12.3. The van der Waals surface area contributed by atoms with Crippen LogP contribution < -0.4 is 9.47 Å². The Morgan fingerprint density at radius 2 is 1.26 bits per heavy atom. The summed E-state index contributed by atoms with van der Waals surface area (Å²) in [6.45, 7) is 9.77. The highest BCUT2D eigenvalue weighted by atomic mass is 32.2. The first-order valence-corrected chi connectivity index (χ1v) is 16.9. The van der Waals surface area contributed by atoms with Gasteiger partial charge in [0.25, 0.3) is 10.1 Å². The van der Waals surface area contributed by atoms with E-state index in [-0.39, 0.29) is 42.5 Å². The van der Waals surface area contributed by atoms with Crippen LogP contribution in [0.1, 0.15) is 79.1 Å². The molecule has 2 rings (SSSR count). The maximum atomic E-state index is 12.3. The first kappa shape index (κ1) is 36.2. The number of fused-ring (bicyclic) bond motifs is 1. The lowest BCUT2D eigenvalue weighted by molar-refractivity contribution is -0.00153. The minimum absolute atomic E-state index is 0.0151. The van der Waals surface area contributed by atoms with E-state index >= 15 is 0 Å². The zero-order valence-corrected chi connectivity index (χ0v) is 26.6. The average Bonchev–Trinajstić information content (AvgIpc) is 2.97. The second-order valence-corrected chi connectivity index (χ2v) is 12.4. The van der Waals surface area contributed by atoms with Crippen LogP contribution in [-0.2, 0) is 19.6 Å². The molecule has 0 aliphatic heterocycles. The minimum Gasteiger partial charge on any atom is -0.491 e. The van der Waals surface area contributed by atoms with Gasteiger partial charge in [0, 0.05) is 18.6 Å². The van der Waals surface area contributed by atoms with Crippen molar-refractivity contribution < 1.29 is 42.1 Å². The Morgan fingerprint density at radius 3 is 1.76 bits per heavy atom. The molecule has 2 aromatic rings. The van der Waals surface area contributed by atoms with Crippen LogP contribution in [0.5, 0.6) is 11.5 Å². The zero-order valence-electron chi connectivity index (χ0n) is 25.8. The maximum Gasteiger partial charge on any atom is 0.298 e. The van der Waals surface area contributed by atoms with Crippen molar-refractivity contribution in [3.05, 3.63) is 30.3 Å². The second-order valence-electron chi connectivity index (χ2n) is 11.1. The van der Waals surface area contributed by atoms with Crippen LogP contribution in [0.3, 0.4) is 0 Å². The Labute approximate surface area is 252 Å². The molecular formula is C32H52O9S. The van der Waals surface area contributed by atoms with E-state index < -0.39 is 22.3 Å². The lowest BCUT2D eigenvalue weighted by atomic mass is 10.0. The summed E-state index contributed by atoms with van der Waals surface area (Å²) in [7, 11) is -4.65. The largest absolute Gasteiger partial charge is 0.491 e. The number of aliphatic hydroxyl groups is 2. The molecule has 0 aliphatic carbocycles. The molecule has 0 amide bonds. The van der Waals surface area contributed by atoms with E-state index in [1.807, 2.05) is 0 Å². The summed E-state index contributed by atoms with van der Waals surface area (Å²) in [5.41, 5.74) is 0. The number of aliphatic hydroxyl groups excluding tert-OH is 2. The Morgan fingerprint density at radius 1 is 0.714 bits per heavy atom. The van der Waals surface area contributed by atoms with E-state index in [0.717, 1.165) is 51.4 Å². The van der Waals surface area contributed by atoms with Crippen LogP contribution in [0, 0.1) is 11.8 Å². The standard InChI is InChI=1S/C32H52O9S/c1-5-9-11-24(7-3)18-38-20-27(33)22-40-29-14-15-30-26(17-29)13-16-31(32(30)42(35,36)37)41-23-28(34)21-39-19-25(8-4)12-10-6-2/h13-17,24-25,27-28,33-34H,5-12,18-23H2,1-4H3,(H,35,36,37). The normalized spacial score (nSPS) is 14.9. The third-order valence-corrected chi connectivity index (χ3v) is 8.39. The van der Waals surface area contributed by atoms with Crippen molar-refractivity contribution in [2.24, 2.45) is 11.8 Å². The third kappa shape index (κ3) is 12.7. The van der Waals surface area contributed by atoms with Crippen LogP contribution in [0.15, 0.2) is 35.2 Å². The third-order valence-electron chi connectivity index (χ3n) is 7.45. The molecule has 0 aliphatic rings. The van der Waals surface area contributed by atoms with Gasteiger partial charge >= 0.3 is 0 Å². The average molecular weight is 613 g/mol. The minimum atomic E-state index is -4.65. The van der Waals surface area contributed by atoms with Crippen molar-refractivity contribution >= 4 is 20.9 Å². The monoisotopic (exact) mass is 612 g/mol. The molecule has 4 unspecified atom stereocenters. The number of ether oxygens (including phenoxy) is 4. The summed E-state index contributed by atoms with van der Waals surface area (Å²) in [6, 6.07) is 7.80. The quantitative estimate of drug-likeness (QED) is 0.129. The molecule has 0 saturated carbocycles. The zero-order chi connectivity index (χ0) is 31.0. The fraction of sp³-hybridized carbons (Fsp3) is 0.688. The number of unbranched alkanes of at least 4 members (excludes halogenated alkanes) is 2. The molecule has 3 N–H and O–H groups in total. The SMILES string of the molecule is CCCCC(CC)COCC(O)COc1ccc2c(S(=O)(=O)O)c(OCC(O)COCC(CC)CCCC)ccc2c1. The summed E-state index contributed by atoms with van der Waals surface area (Å²) < 4.78 is 57.3. The summed E-state index contributed by atoms with van der Waals surface area (Å²) in [5, 5.41) is 21.4. The first-order valence-electron chi connectivity index (χ1n) is 15.4. The van der Waals surface area contributed by atoms with Crippen molar-refractivity contribution in [3.63, 3.8) is 0 Å². The molecule has 4 atom stereocenters. The van der Waals surface area contributed by atoms with Gasteiger partial charge in [0.05, 0.1) is 13.2 Å².